The Balaban J connectivity index is 3.18. The Morgan fingerprint density at radius 1 is 1.50 bits per heavy atom. The Morgan fingerprint density at radius 3 is 2.70 bits per heavy atom. The van der Waals surface area contributed by atoms with Gasteiger partial charge in [0, 0.05) is 0 Å². The predicted octanol–water partition coefficient (Wildman–Crippen LogP) is 1.56. The maximum atomic E-state index is 10.0. The molecule has 0 saturated carbocycles. The van der Waals surface area contributed by atoms with E-state index in [2.05, 4.69) is 6.92 Å². The van der Waals surface area contributed by atoms with E-state index >= 15 is 0 Å². The van der Waals surface area contributed by atoms with Gasteiger partial charge in [0.15, 0.2) is 0 Å². The summed E-state index contributed by atoms with van der Waals surface area (Å²) in [4.78, 5) is 10.0. The summed E-state index contributed by atoms with van der Waals surface area (Å²) in [5.74, 6) is 0. The van der Waals surface area contributed by atoms with Gasteiger partial charge in [0.25, 0.3) is 0 Å². The molecule has 0 amide bonds. The third kappa shape index (κ3) is 5.51. The van der Waals surface area contributed by atoms with E-state index in [0.717, 1.165) is 12.7 Å². The molecule has 0 aliphatic heterocycles. The van der Waals surface area contributed by atoms with Gasteiger partial charge in [-0.3, -0.25) is 0 Å². The number of hydrogen-bond donors (Lipinski definition) is 0. The van der Waals surface area contributed by atoms with Crippen molar-refractivity contribution < 1.29 is 9.53 Å². The van der Waals surface area contributed by atoms with E-state index < -0.39 is 0 Å². The van der Waals surface area contributed by atoms with Crippen molar-refractivity contribution in [3.8, 4) is 0 Å². The van der Waals surface area contributed by atoms with Crippen molar-refractivity contribution in [3.05, 3.63) is 12.2 Å². The molecular weight excluding hydrogens is 128 g/mol. The van der Waals surface area contributed by atoms with Crippen molar-refractivity contribution in [3.63, 3.8) is 0 Å². The highest BCUT2D eigenvalue weighted by Crippen LogP contribution is 1.86. The minimum Gasteiger partial charge on any atom is -0.367 e. The van der Waals surface area contributed by atoms with Crippen LogP contribution in [0, 0.1) is 0 Å². The summed E-state index contributed by atoms with van der Waals surface area (Å²) in [5.41, 5.74) is 0. The molecule has 0 heterocycles. The quantitative estimate of drug-likeness (QED) is 0.430. The zero-order valence-corrected chi connectivity index (χ0v) is 6.54. The lowest BCUT2D eigenvalue weighted by Gasteiger charge is -2.00. The van der Waals surface area contributed by atoms with Crippen LogP contribution in [0.3, 0.4) is 0 Å². The average molecular weight is 142 g/mol. The summed E-state index contributed by atoms with van der Waals surface area (Å²) in [7, 11) is 0. The number of rotatable bonds is 5. The molecule has 1 atom stereocenters. The summed E-state index contributed by atoms with van der Waals surface area (Å²) in [6.07, 6.45) is 5.46. The fourth-order valence-corrected chi connectivity index (χ4v) is 0.481. The van der Waals surface area contributed by atoms with Crippen LogP contribution in [0.25, 0.3) is 0 Å². The van der Waals surface area contributed by atoms with E-state index in [1.165, 1.54) is 0 Å². The molecule has 0 spiro atoms. The van der Waals surface area contributed by atoms with Gasteiger partial charge in [-0.25, -0.2) is 0 Å². The lowest BCUT2D eigenvalue weighted by Crippen LogP contribution is -2.08. The summed E-state index contributed by atoms with van der Waals surface area (Å²) in [6.45, 7) is 4.32. The van der Waals surface area contributed by atoms with Gasteiger partial charge in [-0.15, -0.1) is 0 Å². The maximum absolute atomic E-state index is 10.0. The molecule has 0 aromatic rings. The van der Waals surface area contributed by atoms with E-state index in [0.29, 0.717) is 6.61 Å². The van der Waals surface area contributed by atoms with Gasteiger partial charge in [-0.05, 0) is 13.3 Å². The molecule has 0 aliphatic carbocycles. The third-order valence-corrected chi connectivity index (χ3v) is 1.05. The molecule has 10 heavy (non-hydrogen) atoms. The highest BCUT2D eigenvalue weighted by atomic mass is 16.5. The SMILES string of the molecule is CC/C=C/COC(C)C=O. The molecule has 2 nitrogen and oxygen atoms in total. The normalized spacial score (nSPS) is 13.8. The summed E-state index contributed by atoms with van der Waals surface area (Å²) in [6, 6.07) is 0. The number of ether oxygens (including phenoxy) is 1. The molecule has 0 rings (SSSR count). The Hall–Kier alpha value is -0.630. The molecule has 0 radical (unpaired) electrons. The molecule has 0 fully saturated rings. The van der Waals surface area contributed by atoms with E-state index in [4.69, 9.17) is 4.74 Å². The van der Waals surface area contributed by atoms with Gasteiger partial charge in [0.2, 0.25) is 0 Å². The van der Waals surface area contributed by atoms with Crippen molar-refractivity contribution in [1.29, 1.82) is 0 Å². The van der Waals surface area contributed by atoms with Gasteiger partial charge >= 0.3 is 0 Å². The molecule has 0 saturated heterocycles. The van der Waals surface area contributed by atoms with Crippen LogP contribution in [-0.4, -0.2) is 19.0 Å². The number of aldehydes is 1. The standard InChI is InChI=1S/C8H14O2/c1-3-4-5-6-10-8(2)7-9/h4-5,7-8H,3,6H2,1-2H3/b5-4+. The summed E-state index contributed by atoms with van der Waals surface area (Å²) < 4.78 is 5.04. The highest BCUT2D eigenvalue weighted by molar-refractivity contribution is 5.55. The van der Waals surface area contributed by atoms with Crippen molar-refractivity contribution in [2.75, 3.05) is 6.61 Å². The molecule has 0 bridgehead atoms. The summed E-state index contributed by atoms with van der Waals surface area (Å²) in [5, 5.41) is 0. The minimum atomic E-state index is -0.276. The lowest BCUT2D eigenvalue weighted by atomic mass is 10.4. The number of carbonyl (C=O) groups is 1. The first-order valence-electron chi connectivity index (χ1n) is 3.53. The Labute approximate surface area is 61.9 Å². The smallest absolute Gasteiger partial charge is 0.148 e. The predicted molar refractivity (Wildman–Crippen MR) is 40.9 cm³/mol. The largest absolute Gasteiger partial charge is 0.367 e. The molecule has 0 aliphatic rings. The van der Waals surface area contributed by atoms with Crippen LogP contribution in [0.4, 0.5) is 0 Å². The topological polar surface area (TPSA) is 26.3 Å². The molecule has 2 heteroatoms. The first-order chi connectivity index (χ1) is 4.81. The number of hydrogen-bond acceptors (Lipinski definition) is 2. The van der Waals surface area contributed by atoms with Gasteiger partial charge in [0.1, 0.15) is 12.4 Å². The van der Waals surface area contributed by atoms with E-state index in [-0.39, 0.29) is 6.10 Å². The van der Waals surface area contributed by atoms with Crippen LogP contribution in [0.15, 0.2) is 12.2 Å². The highest BCUT2D eigenvalue weighted by Gasteiger charge is 1.93. The van der Waals surface area contributed by atoms with Gasteiger partial charge < -0.3 is 9.53 Å². The lowest BCUT2D eigenvalue weighted by molar-refractivity contribution is -0.116. The molecule has 0 aromatic carbocycles. The van der Waals surface area contributed by atoms with Gasteiger partial charge in [0.05, 0.1) is 6.61 Å². The van der Waals surface area contributed by atoms with Gasteiger partial charge in [-0.2, -0.15) is 0 Å². The first-order valence-corrected chi connectivity index (χ1v) is 3.53. The Morgan fingerprint density at radius 2 is 2.20 bits per heavy atom. The van der Waals surface area contributed by atoms with Crippen LogP contribution < -0.4 is 0 Å². The van der Waals surface area contributed by atoms with Crippen LogP contribution in [0.1, 0.15) is 20.3 Å². The zero-order chi connectivity index (χ0) is 7.82. The molecular formula is C8H14O2. The third-order valence-electron chi connectivity index (χ3n) is 1.05. The van der Waals surface area contributed by atoms with Gasteiger partial charge in [-0.1, -0.05) is 19.1 Å². The molecule has 58 valence electrons. The van der Waals surface area contributed by atoms with Crippen molar-refractivity contribution in [2.45, 2.75) is 26.4 Å². The minimum absolute atomic E-state index is 0.276. The van der Waals surface area contributed by atoms with Crippen LogP contribution in [0.5, 0.6) is 0 Å². The summed E-state index contributed by atoms with van der Waals surface area (Å²) >= 11 is 0. The second kappa shape index (κ2) is 6.49. The Kier molecular flexibility index (Phi) is 6.08. The van der Waals surface area contributed by atoms with Crippen LogP contribution in [0.2, 0.25) is 0 Å². The first kappa shape index (κ1) is 9.37. The zero-order valence-electron chi connectivity index (χ0n) is 6.54. The average Bonchev–Trinajstić information content (AvgIpc) is 1.98. The second-order valence-corrected chi connectivity index (χ2v) is 2.05. The van der Waals surface area contributed by atoms with Crippen molar-refractivity contribution in [2.24, 2.45) is 0 Å². The molecule has 0 N–H and O–H groups in total. The fraction of sp³-hybridized carbons (Fsp3) is 0.625. The molecule has 1 unspecified atom stereocenters. The van der Waals surface area contributed by atoms with E-state index in [1.54, 1.807) is 6.92 Å². The van der Waals surface area contributed by atoms with E-state index in [9.17, 15) is 4.79 Å². The number of carbonyl (C=O) groups excluding carboxylic acids is 1. The van der Waals surface area contributed by atoms with Crippen molar-refractivity contribution in [1.82, 2.24) is 0 Å². The maximum Gasteiger partial charge on any atom is 0.148 e. The molecule has 0 aromatic heterocycles. The number of allylic oxidation sites excluding steroid dienone is 1. The van der Waals surface area contributed by atoms with E-state index in [1.807, 2.05) is 12.2 Å². The fourth-order valence-electron chi connectivity index (χ4n) is 0.481. The monoisotopic (exact) mass is 142 g/mol. The van der Waals surface area contributed by atoms with Crippen LogP contribution in [-0.2, 0) is 9.53 Å². The second-order valence-electron chi connectivity index (χ2n) is 2.05. The van der Waals surface area contributed by atoms with Crippen LogP contribution >= 0.6 is 0 Å². The van der Waals surface area contributed by atoms with Crippen molar-refractivity contribution >= 4 is 6.29 Å². The Bertz CT molecular complexity index is 108.